The molecule has 0 saturated carbocycles. The van der Waals surface area contributed by atoms with Crippen molar-refractivity contribution in [1.82, 2.24) is 19.9 Å². The minimum atomic E-state index is -0.578. The number of amides is 2. The second-order valence-electron chi connectivity index (χ2n) is 4.89. The fraction of sp³-hybridized carbons (Fsp3) is 0.308. The topological polar surface area (TPSA) is 106 Å². The Balaban J connectivity index is 1.66. The van der Waals surface area contributed by atoms with E-state index in [2.05, 4.69) is 19.9 Å². The van der Waals surface area contributed by atoms with Crippen LogP contribution in [0.3, 0.4) is 0 Å². The summed E-state index contributed by atoms with van der Waals surface area (Å²) in [4.78, 5) is 29.9. The Morgan fingerprint density at radius 2 is 2.20 bits per heavy atom. The van der Waals surface area contributed by atoms with Crippen LogP contribution in [0.2, 0.25) is 0 Å². The van der Waals surface area contributed by atoms with Gasteiger partial charge in [0.25, 0.3) is 11.8 Å². The van der Waals surface area contributed by atoms with Crippen LogP contribution in [0.4, 0.5) is 0 Å². The second-order valence-corrected chi connectivity index (χ2v) is 4.89. The minimum Gasteiger partial charge on any atom is -0.364 e. The van der Waals surface area contributed by atoms with E-state index >= 15 is 0 Å². The quantitative estimate of drug-likeness (QED) is 0.736. The van der Waals surface area contributed by atoms with Crippen molar-refractivity contribution < 1.29 is 9.59 Å². The predicted molar refractivity (Wildman–Crippen MR) is 71.1 cm³/mol. The summed E-state index contributed by atoms with van der Waals surface area (Å²) in [5, 5.41) is 2.95. The molecule has 0 radical (unpaired) electrons. The molecule has 1 atom stereocenters. The average Bonchev–Trinajstić information content (AvgIpc) is 3.07. The van der Waals surface area contributed by atoms with Gasteiger partial charge in [0, 0.05) is 30.9 Å². The summed E-state index contributed by atoms with van der Waals surface area (Å²) in [6.45, 7) is 0.845. The number of fused-ring (bicyclic) bond motifs is 1. The van der Waals surface area contributed by atoms with Crippen LogP contribution in [0.5, 0.6) is 0 Å². The molecule has 7 nitrogen and oxygen atoms in total. The molecule has 0 fully saturated rings. The summed E-state index contributed by atoms with van der Waals surface area (Å²) in [5.74, 6) is -0.805. The number of carbonyl (C=O) groups excluding carboxylic acids is 2. The van der Waals surface area contributed by atoms with E-state index in [-0.39, 0.29) is 17.6 Å². The standard InChI is InChI=1S/C13H15N5O2/c14-12(19)10-1-2-11(17-10)13(20)16-8-3-4-18-7-15-6-9(18)5-8/h1-2,6-8,17H,3-5H2,(H2,14,19)(H,16,20). The third-order valence-corrected chi connectivity index (χ3v) is 3.50. The van der Waals surface area contributed by atoms with Crippen LogP contribution < -0.4 is 11.1 Å². The van der Waals surface area contributed by atoms with Gasteiger partial charge in [-0.15, -0.1) is 0 Å². The summed E-state index contributed by atoms with van der Waals surface area (Å²) < 4.78 is 2.09. The molecule has 20 heavy (non-hydrogen) atoms. The molecule has 7 heteroatoms. The number of nitrogens with one attached hydrogen (secondary N) is 2. The first kappa shape index (κ1) is 12.5. The molecule has 1 unspecified atom stereocenters. The number of aromatic amines is 1. The molecule has 3 rings (SSSR count). The number of rotatable bonds is 3. The van der Waals surface area contributed by atoms with Gasteiger partial charge in [-0.25, -0.2) is 4.98 Å². The molecule has 0 aromatic carbocycles. The first-order chi connectivity index (χ1) is 9.63. The third kappa shape index (κ3) is 2.29. The van der Waals surface area contributed by atoms with Crippen LogP contribution in [0.15, 0.2) is 24.7 Å². The van der Waals surface area contributed by atoms with Crippen LogP contribution in [0.1, 0.15) is 33.1 Å². The molecule has 1 aliphatic rings. The molecule has 2 aromatic heterocycles. The van der Waals surface area contributed by atoms with Gasteiger partial charge in [0.05, 0.1) is 6.33 Å². The zero-order valence-corrected chi connectivity index (χ0v) is 10.8. The summed E-state index contributed by atoms with van der Waals surface area (Å²) >= 11 is 0. The van der Waals surface area contributed by atoms with Gasteiger partial charge in [-0.3, -0.25) is 9.59 Å². The van der Waals surface area contributed by atoms with Crippen molar-refractivity contribution in [2.75, 3.05) is 0 Å². The van der Waals surface area contributed by atoms with E-state index < -0.39 is 5.91 Å². The van der Waals surface area contributed by atoms with Crippen molar-refractivity contribution in [2.24, 2.45) is 5.73 Å². The highest BCUT2D eigenvalue weighted by Crippen LogP contribution is 2.14. The van der Waals surface area contributed by atoms with Crippen molar-refractivity contribution >= 4 is 11.8 Å². The number of carbonyl (C=O) groups is 2. The summed E-state index contributed by atoms with van der Waals surface area (Å²) in [7, 11) is 0. The number of primary amides is 1. The van der Waals surface area contributed by atoms with Crippen LogP contribution in [0, 0.1) is 0 Å². The maximum atomic E-state index is 12.1. The normalized spacial score (nSPS) is 17.5. The summed E-state index contributed by atoms with van der Waals surface area (Å²) in [5.41, 5.74) is 6.84. The number of nitrogens with zero attached hydrogens (tertiary/aromatic N) is 2. The third-order valence-electron chi connectivity index (χ3n) is 3.50. The van der Waals surface area contributed by atoms with E-state index in [1.54, 1.807) is 12.4 Å². The Kier molecular flexibility index (Phi) is 3.02. The number of hydrogen-bond donors (Lipinski definition) is 3. The van der Waals surface area contributed by atoms with Gasteiger partial charge < -0.3 is 20.6 Å². The lowest BCUT2D eigenvalue weighted by atomic mass is 10.0. The molecule has 0 aliphatic carbocycles. The lowest BCUT2D eigenvalue weighted by molar-refractivity contribution is 0.0926. The maximum absolute atomic E-state index is 12.1. The van der Waals surface area contributed by atoms with Gasteiger partial charge in [0.1, 0.15) is 11.4 Å². The van der Waals surface area contributed by atoms with Crippen molar-refractivity contribution in [1.29, 1.82) is 0 Å². The van der Waals surface area contributed by atoms with Gasteiger partial charge in [0.15, 0.2) is 0 Å². The van der Waals surface area contributed by atoms with Gasteiger partial charge in [-0.2, -0.15) is 0 Å². The van der Waals surface area contributed by atoms with Gasteiger partial charge in [-0.05, 0) is 18.6 Å². The van der Waals surface area contributed by atoms with E-state index in [1.165, 1.54) is 6.07 Å². The van der Waals surface area contributed by atoms with Crippen molar-refractivity contribution in [3.8, 4) is 0 Å². The molecular weight excluding hydrogens is 258 g/mol. The second kappa shape index (κ2) is 4.84. The van der Waals surface area contributed by atoms with E-state index in [4.69, 9.17) is 5.73 Å². The van der Waals surface area contributed by atoms with Gasteiger partial charge in [0.2, 0.25) is 0 Å². The molecule has 0 bridgehead atoms. The number of hydrogen-bond acceptors (Lipinski definition) is 3. The zero-order valence-electron chi connectivity index (χ0n) is 10.8. The lowest BCUT2D eigenvalue weighted by Gasteiger charge is -2.24. The molecule has 0 saturated heterocycles. The summed E-state index contributed by atoms with van der Waals surface area (Å²) in [6, 6.07) is 3.14. The molecule has 4 N–H and O–H groups in total. The van der Waals surface area contributed by atoms with E-state index in [0.717, 1.165) is 25.1 Å². The molecule has 1 aliphatic heterocycles. The fourth-order valence-corrected chi connectivity index (χ4v) is 2.43. The first-order valence-electron chi connectivity index (χ1n) is 6.42. The molecular formula is C13H15N5O2. The fourth-order valence-electron chi connectivity index (χ4n) is 2.43. The van der Waals surface area contributed by atoms with Crippen LogP contribution in [-0.2, 0) is 13.0 Å². The highest BCUT2D eigenvalue weighted by Gasteiger charge is 2.21. The Bertz CT molecular complexity index is 657. The van der Waals surface area contributed by atoms with Crippen LogP contribution >= 0.6 is 0 Å². The average molecular weight is 273 g/mol. The van der Waals surface area contributed by atoms with Crippen molar-refractivity contribution in [2.45, 2.75) is 25.4 Å². The SMILES string of the molecule is NC(=O)c1ccc(C(=O)NC2CCn3cncc3C2)[nH]1. The van der Waals surface area contributed by atoms with E-state index in [9.17, 15) is 9.59 Å². The largest absolute Gasteiger partial charge is 0.364 e. The minimum absolute atomic E-state index is 0.0760. The monoisotopic (exact) mass is 273 g/mol. The molecule has 3 heterocycles. The number of aromatic nitrogens is 3. The Hall–Kier alpha value is -2.57. The Morgan fingerprint density at radius 3 is 2.95 bits per heavy atom. The van der Waals surface area contributed by atoms with Gasteiger partial charge in [-0.1, -0.05) is 0 Å². The zero-order chi connectivity index (χ0) is 14.1. The maximum Gasteiger partial charge on any atom is 0.267 e. The van der Waals surface area contributed by atoms with E-state index in [1.807, 2.05) is 6.20 Å². The molecule has 2 aromatic rings. The Morgan fingerprint density at radius 1 is 1.40 bits per heavy atom. The lowest BCUT2D eigenvalue weighted by Crippen LogP contribution is -2.40. The van der Waals surface area contributed by atoms with Crippen molar-refractivity contribution in [3.63, 3.8) is 0 Å². The highest BCUT2D eigenvalue weighted by molar-refractivity contribution is 5.96. The van der Waals surface area contributed by atoms with Crippen LogP contribution in [-0.4, -0.2) is 32.4 Å². The molecule has 0 spiro atoms. The molecule has 2 amide bonds. The highest BCUT2D eigenvalue weighted by atomic mass is 16.2. The molecule has 104 valence electrons. The number of aryl methyl sites for hydroxylation is 1. The van der Waals surface area contributed by atoms with Crippen molar-refractivity contribution in [3.05, 3.63) is 41.7 Å². The summed E-state index contributed by atoms with van der Waals surface area (Å²) in [6.07, 6.45) is 5.24. The number of H-pyrrole nitrogens is 1. The van der Waals surface area contributed by atoms with Gasteiger partial charge >= 0.3 is 0 Å². The number of imidazole rings is 1. The van der Waals surface area contributed by atoms with E-state index in [0.29, 0.717) is 5.69 Å². The Labute approximate surface area is 115 Å². The van der Waals surface area contributed by atoms with Crippen LogP contribution in [0.25, 0.3) is 0 Å². The first-order valence-corrected chi connectivity index (χ1v) is 6.42. The smallest absolute Gasteiger partial charge is 0.267 e. The number of nitrogens with two attached hydrogens (primary N) is 1. The predicted octanol–water partition coefficient (Wildman–Crippen LogP) is 0.0549.